The Morgan fingerprint density at radius 1 is 1.45 bits per heavy atom. The molecule has 1 unspecified atom stereocenters. The number of pyridine rings is 1. The molecule has 2 amide bonds. The second kappa shape index (κ2) is 6.73. The van der Waals surface area contributed by atoms with E-state index in [-0.39, 0.29) is 41.4 Å². The van der Waals surface area contributed by atoms with Gasteiger partial charge in [0.05, 0.1) is 41.0 Å². The van der Waals surface area contributed by atoms with Crippen LogP contribution in [0.5, 0.6) is 5.88 Å². The average molecular weight is 431 g/mol. The molecule has 2 aromatic rings. The molecule has 8 nitrogen and oxygen atoms in total. The zero-order valence-electron chi connectivity index (χ0n) is 15.1. The van der Waals surface area contributed by atoms with Crippen LogP contribution in [0.25, 0.3) is 10.2 Å². The minimum atomic E-state index is -4.65. The number of alkyl halides is 3. The lowest BCUT2D eigenvalue weighted by Crippen LogP contribution is -2.63. The fourth-order valence-corrected chi connectivity index (χ4v) is 4.63. The number of aromatic nitrogens is 1. The fraction of sp³-hybridized carbons (Fsp3) is 0.471. The van der Waals surface area contributed by atoms with E-state index in [0.717, 1.165) is 17.4 Å². The van der Waals surface area contributed by atoms with Crippen LogP contribution in [0.4, 0.5) is 18.0 Å². The van der Waals surface area contributed by atoms with E-state index in [4.69, 9.17) is 14.6 Å². The van der Waals surface area contributed by atoms with Gasteiger partial charge in [0.15, 0.2) is 0 Å². The molecule has 4 rings (SSSR count). The van der Waals surface area contributed by atoms with Gasteiger partial charge in [-0.1, -0.05) is 0 Å². The fourth-order valence-electron chi connectivity index (χ4n) is 3.61. The highest BCUT2D eigenvalue weighted by Gasteiger charge is 2.52. The van der Waals surface area contributed by atoms with Crippen LogP contribution in [0, 0.1) is 0 Å². The van der Waals surface area contributed by atoms with Crippen molar-refractivity contribution in [1.29, 1.82) is 0 Å². The van der Waals surface area contributed by atoms with Gasteiger partial charge in [-0.3, -0.25) is 4.79 Å². The minimum absolute atomic E-state index is 0.0404. The molecule has 2 fully saturated rings. The monoisotopic (exact) mass is 431 g/mol. The Morgan fingerprint density at radius 3 is 2.79 bits per heavy atom. The predicted molar refractivity (Wildman–Crippen MR) is 95.3 cm³/mol. The number of likely N-dealkylation sites (tertiary alicyclic amines) is 1. The van der Waals surface area contributed by atoms with Crippen molar-refractivity contribution in [3.63, 3.8) is 0 Å². The quantitative estimate of drug-likeness (QED) is 0.775. The Bertz CT molecular complexity index is 987. The summed E-state index contributed by atoms with van der Waals surface area (Å²) in [7, 11) is 1.38. The number of amides is 2. The van der Waals surface area contributed by atoms with Crippen LogP contribution in [0.1, 0.15) is 22.3 Å². The first kappa shape index (κ1) is 19.7. The molecule has 29 heavy (non-hydrogen) atoms. The number of thiophene rings is 1. The van der Waals surface area contributed by atoms with E-state index in [2.05, 4.69) is 10.3 Å². The number of hydrogen-bond acceptors (Lipinski definition) is 6. The van der Waals surface area contributed by atoms with Crippen molar-refractivity contribution < 1.29 is 37.3 Å². The molecule has 0 aromatic carbocycles. The third-order valence-electron chi connectivity index (χ3n) is 4.97. The predicted octanol–water partition coefficient (Wildman–Crippen LogP) is 2.57. The number of rotatable bonds is 3. The van der Waals surface area contributed by atoms with Crippen LogP contribution in [0.15, 0.2) is 11.4 Å². The normalized spacial score (nSPS) is 20.7. The summed E-state index contributed by atoms with van der Waals surface area (Å²) in [5.41, 5.74) is -1.63. The molecule has 12 heteroatoms. The number of hydrogen-bond donors (Lipinski definition) is 2. The molecule has 2 aliphatic rings. The number of carboxylic acid groups (broad SMARTS) is 1. The van der Waals surface area contributed by atoms with Gasteiger partial charge in [0.1, 0.15) is 11.7 Å². The first-order valence-electron chi connectivity index (χ1n) is 8.62. The highest BCUT2D eigenvalue weighted by atomic mass is 32.1. The molecule has 4 heterocycles. The van der Waals surface area contributed by atoms with Crippen LogP contribution in [0.2, 0.25) is 0 Å². The third kappa shape index (κ3) is 3.46. The molecule has 0 radical (unpaired) electrons. The largest absolute Gasteiger partial charge is 0.472 e. The molecule has 1 atom stereocenters. The summed E-state index contributed by atoms with van der Waals surface area (Å²) in [6, 6.07) is 0.821. The van der Waals surface area contributed by atoms with Crippen molar-refractivity contribution in [3.8, 4) is 5.88 Å². The number of nitrogens with zero attached hydrogens (tertiary/aromatic N) is 2. The molecule has 0 bridgehead atoms. The second-order valence-electron chi connectivity index (χ2n) is 6.99. The summed E-state index contributed by atoms with van der Waals surface area (Å²) in [5.74, 6) is -0.797. The van der Waals surface area contributed by atoms with Gasteiger partial charge in [-0.25, -0.2) is 9.78 Å². The Kier molecular flexibility index (Phi) is 4.57. The van der Waals surface area contributed by atoms with Crippen molar-refractivity contribution >= 4 is 33.6 Å². The Labute approximate surface area is 166 Å². The highest BCUT2D eigenvalue weighted by molar-refractivity contribution is 7.17. The SMILES string of the molecule is CNC(=O)c1csc2c(C(F)(F)F)cc(OC3COC4(C3)CN(C(=O)O)C4)nc12. The van der Waals surface area contributed by atoms with E-state index in [9.17, 15) is 22.8 Å². The molecule has 2 aromatic heterocycles. The number of ether oxygens (including phenoxy) is 2. The van der Waals surface area contributed by atoms with Crippen molar-refractivity contribution in [3.05, 3.63) is 22.6 Å². The lowest BCUT2D eigenvalue weighted by molar-refractivity contribution is -0.136. The van der Waals surface area contributed by atoms with E-state index in [1.807, 2.05) is 0 Å². The number of fused-ring (bicyclic) bond motifs is 1. The first-order valence-corrected chi connectivity index (χ1v) is 9.50. The lowest BCUT2D eigenvalue weighted by atomic mass is 9.90. The van der Waals surface area contributed by atoms with E-state index < -0.39 is 35.4 Å². The van der Waals surface area contributed by atoms with Gasteiger partial charge in [0, 0.05) is 24.9 Å². The Hall–Kier alpha value is -2.60. The maximum atomic E-state index is 13.5. The lowest BCUT2D eigenvalue weighted by Gasteiger charge is -2.45. The molecule has 2 saturated heterocycles. The summed E-state index contributed by atoms with van der Waals surface area (Å²) in [5, 5.41) is 12.7. The van der Waals surface area contributed by atoms with Gasteiger partial charge in [-0.05, 0) is 0 Å². The van der Waals surface area contributed by atoms with E-state index >= 15 is 0 Å². The number of carbonyl (C=O) groups is 2. The molecule has 1 spiro atoms. The maximum absolute atomic E-state index is 13.5. The Morgan fingerprint density at radius 2 is 2.17 bits per heavy atom. The molecule has 0 saturated carbocycles. The summed E-state index contributed by atoms with van der Waals surface area (Å²) in [6.07, 6.45) is -5.93. The van der Waals surface area contributed by atoms with E-state index in [1.165, 1.54) is 17.3 Å². The number of nitrogens with one attached hydrogen (secondary N) is 1. The van der Waals surface area contributed by atoms with Gasteiger partial charge in [-0.2, -0.15) is 13.2 Å². The highest BCUT2D eigenvalue weighted by Crippen LogP contribution is 2.41. The van der Waals surface area contributed by atoms with E-state index in [0.29, 0.717) is 6.42 Å². The topological polar surface area (TPSA) is 101 Å². The van der Waals surface area contributed by atoms with Crippen LogP contribution in [-0.4, -0.2) is 65.4 Å². The molecule has 0 aliphatic carbocycles. The van der Waals surface area contributed by atoms with Crippen molar-refractivity contribution in [2.75, 3.05) is 26.7 Å². The van der Waals surface area contributed by atoms with Crippen LogP contribution >= 0.6 is 11.3 Å². The molecular formula is C17H16F3N3O5S. The number of carbonyl (C=O) groups excluding carboxylic acids is 1. The smallest absolute Gasteiger partial charge is 0.418 e. The van der Waals surface area contributed by atoms with Gasteiger partial charge >= 0.3 is 12.3 Å². The van der Waals surface area contributed by atoms with Gasteiger partial charge in [0.2, 0.25) is 5.88 Å². The molecule has 156 valence electrons. The molecular weight excluding hydrogens is 415 g/mol. The van der Waals surface area contributed by atoms with Gasteiger partial charge < -0.3 is 24.8 Å². The standard InChI is InChI=1S/C17H16F3N3O5S/c1-21-14(24)9-5-29-13-10(17(18,19)20)2-11(22-12(9)13)28-8-3-16(27-4-8)6-23(7-16)15(25)26/h2,5,8H,3-4,6-7H2,1H3,(H,21,24)(H,25,26). The van der Waals surface area contributed by atoms with Crippen molar-refractivity contribution in [1.82, 2.24) is 15.2 Å². The maximum Gasteiger partial charge on any atom is 0.418 e. The van der Waals surface area contributed by atoms with Gasteiger partial charge in [-0.15, -0.1) is 11.3 Å². The van der Waals surface area contributed by atoms with E-state index in [1.54, 1.807) is 0 Å². The van der Waals surface area contributed by atoms with Gasteiger partial charge in [0.25, 0.3) is 5.91 Å². The summed E-state index contributed by atoms with van der Waals surface area (Å²) in [4.78, 5) is 28.2. The molecule has 2 aliphatic heterocycles. The zero-order valence-corrected chi connectivity index (χ0v) is 15.9. The zero-order chi connectivity index (χ0) is 21.0. The average Bonchev–Trinajstić information content (AvgIpc) is 3.22. The van der Waals surface area contributed by atoms with Crippen molar-refractivity contribution in [2.45, 2.75) is 24.3 Å². The summed E-state index contributed by atoms with van der Waals surface area (Å²) in [6.45, 7) is 0.488. The third-order valence-corrected chi connectivity index (χ3v) is 5.97. The summed E-state index contributed by atoms with van der Waals surface area (Å²) < 4.78 is 51.8. The minimum Gasteiger partial charge on any atom is -0.472 e. The molecule has 2 N–H and O–H groups in total. The van der Waals surface area contributed by atoms with Crippen LogP contribution < -0.4 is 10.1 Å². The van der Waals surface area contributed by atoms with Crippen molar-refractivity contribution in [2.24, 2.45) is 0 Å². The van der Waals surface area contributed by atoms with Crippen LogP contribution in [0.3, 0.4) is 0 Å². The second-order valence-corrected chi connectivity index (χ2v) is 7.87. The van der Waals surface area contributed by atoms with Crippen LogP contribution in [-0.2, 0) is 10.9 Å². The number of halogens is 3. The first-order chi connectivity index (χ1) is 13.6. The Balaban J connectivity index is 1.61. The summed E-state index contributed by atoms with van der Waals surface area (Å²) >= 11 is 0.793.